The molecule has 1 saturated heterocycles. The van der Waals surface area contributed by atoms with Gasteiger partial charge < -0.3 is 4.90 Å². The van der Waals surface area contributed by atoms with Crippen molar-refractivity contribution in [2.75, 3.05) is 31.9 Å². The number of benzene rings is 2. The minimum atomic E-state index is 0.131. The van der Waals surface area contributed by atoms with E-state index in [4.69, 9.17) is 0 Å². The van der Waals surface area contributed by atoms with Gasteiger partial charge in [-0.3, -0.25) is 9.69 Å². The predicted molar refractivity (Wildman–Crippen MR) is 108 cm³/mol. The summed E-state index contributed by atoms with van der Waals surface area (Å²) in [4.78, 5) is 16.9. The van der Waals surface area contributed by atoms with Gasteiger partial charge in [-0.1, -0.05) is 60.3 Å². The Morgan fingerprint density at radius 1 is 0.929 bits per heavy atom. The van der Waals surface area contributed by atoms with Crippen molar-refractivity contribution in [1.29, 1.82) is 0 Å². The molecule has 1 amide bonds. The Morgan fingerprint density at radius 2 is 1.61 bits per heavy atom. The third-order valence-corrected chi connectivity index (χ3v) is 5.64. The first-order chi connectivity index (χ1) is 13.8. The molecule has 0 saturated carbocycles. The van der Waals surface area contributed by atoms with Crippen LogP contribution >= 0.6 is 11.8 Å². The number of hydrogen-bond acceptors (Lipinski definition) is 6. The Kier molecular flexibility index (Phi) is 5.98. The molecule has 0 bridgehead atoms. The first kappa shape index (κ1) is 18.6. The van der Waals surface area contributed by atoms with E-state index in [-0.39, 0.29) is 5.91 Å². The SMILES string of the molecule is O=C(CSc1nnnn1-c1ccccc1)N1CCN(Cc2ccccc2)CC1. The lowest BCUT2D eigenvalue weighted by molar-refractivity contribution is -0.130. The third kappa shape index (κ3) is 4.58. The van der Waals surface area contributed by atoms with E-state index in [1.165, 1.54) is 17.3 Å². The zero-order valence-electron chi connectivity index (χ0n) is 15.5. The molecule has 2 aromatic carbocycles. The van der Waals surface area contributed by atoms with Gasteiger partial charge in [0.15, 0.2) is 0 Å². The summed E-state index contributed by atoms with van der Waals surface area (Å²) in [6, 6.07) is 20.1. The van der Waals surface area contributed by atoms with Crippen LogP contribution in [0.15, 0.2) is 65.8 Å². The molecule has 7 nitrogen and oxygen atoms in total. The summed E-state index contributed by atoms with van der Waals surface area (Å²) in [5.41, 5.74) is 2.20. The summed E-state index contributed by atoms with van der Waals surface area (Å²) in [7, 11) is 0. The van der Waals surface area contributed by atoms with Crippen LogP contribution in [-0.4, -0.2) is 67.8 Å². The Hall–Kier alpha value is -2.71. The van der Waals surface area contributed by atoms with Gasteiger partial charge in [-0.15, -0.1) is 5.10 Å². The van der Waals surface area contributed by atoms with E-state index in [9.17, 15) is 4.79 Å². The molecule has 144 valence electrons. The van der Waals surface area contributed by atoms with Gasteiger partial charge in [0.05, 0.1) is 11.4 Å². The molecule has 2 heterocycles. The zero-order valence-corrected chi connectivity index (χ0v) is 16.3. The second kappa shape index (κ2) is 8.99. The molecular weight excluding hydrogens is 372 g/mol. The van der Waals surface area contributed by atoms with E-state index in [1.807, 2.05) is 41.3 Å². The van der Waals surface area contributed by atoms with Gasteiger partial charge in [0.1, 0.15) is 0 Å². The number of nitrogens with zero attached hydrogens (tertiary/aromatic N) is 6. The van der Waals surface area contributed by atoms with E-state index >= 15 is 0 Å². The molecule has 0 spiro atoms. The average Bonchev–Trinajstić information content (AvgIpc) is 3.23. The summed E-state index contributed by atoms with van der Waals surface area (Å²) in [6.07, 6.45) is 0. The number of hydrogen-bond donors (Lipinski definition) is 0. The Labute approximate surface area is 168 Å². The molecule has 1 aliphatic heterocycles. The highest BCUT2D eigenvalue weighted by Gasteiger charge is 2.22. The minimum absolute atomic E-state index is 0.131. The van der Waals surface area contributed by atoms with Crippen LogP contribution in [0.2, 0.25) is 0 Å². The van der Waals surface area contributed by atoms with Crippen LogP contribution in [0, 0.1) is 0 Å². The van der Waals surface area contributed by atoms with Crippen LogP contribution in [0.1, 0.15) is 5.56 Å². The van der Waals surface area contributed by atoms with Crippen LogP contribution in [0.3, 0.4) is 0 Å². The van der Waals surface area contributed by atoms with E-state index in [0.717, 1.165) is 38.4 Å². The lowest BCUT2D eigenvalue weighted by atomic mass is 10.2. The summed E-state index contributed by atoms with van der Waals surface area (Å²) in [5.74, 6) is 0.471. The van der Waals surface area contributed by atoms with Gasteiger partial charge in [0, 0.05) is 32.7 Å². The van der Waals surface area contributed by atoms with E-state index in [0.29, 0.717) is 10.9 Å². The number of carbonyl (C=O) groups excluding carboxylic acids is 1. The fourth-order valence-electron chi connectivity index (χ4n) is 3.21. The number of amides is 1. The number of para-hydroxylation sites is 1. The standard InChI is InChI=1S/C20H22N6OS/c27-19(16-28-20-21-22-23-26(20)18-9-5-2-6-10-18)25-13-11-24(12-14-25)15-17-7-3-1-4-8-17/h1-10H,11-16H2. The van der Waals surface area contributed by atoms with Gasteiger partial charge in [0.25, 0.3) is 0 Å². The number of aromatic nitrogens is 4. The number of thioether (sulfide) groups is 1. The maximum atomic E-state index is 12.6. The highest BCUT2D eigenvalue weighted by Crippen LogP contribution is 2.19. The average molecular weight is 395 g/mol. The smallest absolute Gasteiger partial charge is 0.233 e. The molecule has 28 heavy (non-hydrogen) atoms. The third-order valence-electron chi connectivity index (χ3n) is 4.74. The van der Waals surface area contributed by atoms with Crippen LogP contribution in [0.25, 0.3) is 5.69 Å². The van der Waals surface area contributed by atoms with Crippen LogP contribution < -0.4 is 0 Å². The molecule has 1 fully saturated rings. The predicted octanol–water partition coefficient (Wildman–Crippen LogP) is 2.10. The summed E-state index contributed by atoms with van der Waals surface area (Å²) >= 11 is 1.38. The van der Waals surface area contributed by atoms with Crippen molar-refractivity contribution in [3.63, 3.8) is 0 Å². The first-order valence-corrected chi connectivity index (χ1v) is 10.3. The molecule has 3 aromatic rings. The van der Waals surface area contributed by atoms with Crippen molar-refractivity contribution in [3.05, 3.63) is 66.2 Å². The van der Waals surface area contributed by atoms with Gasteiger partial charge in [0.2, 0.25) is 11.1 Å². The zero-order chi connectivity index (χ0) is 19.2. The van der Waals surface area contributed by atoms with Crippen molar-refractivity contribution in [2.24, 2.45) is 0 Å². The first-order valence-electron chi connectivity index (χ1n) is 9.30. The molecule has 0 unspecified atom stereocenters. The van der Waals surface area contributed by atoms with Gasteiger partial charge >= 0.3 is 0 Å². The molecule has 1 aromatic heterocycles. The van der Waals surface area contributed by atoms with E-state index in [2.05, 4.69) is 44.7 Å². The molecule has 0 N–H and O–H groups in total. The topological polar surface area (TPSA) is 67.2 Å². The Balaban J connectivity index is 1.27. The monoisotopic (exact) mass is 394 g/mol. The fourth-order valence-corrected chi connectivity index (χ4v) is 4.01. The second-order valence-corrected chi connectivity index (χ2v) is 7.58. The summed E-state index contributed by atoms with van der Waals surface area (Å²) in [6.45, 7) is 4.25. The molecular formula is C20H22N6OS. The Bertz CT molecular complexity index is 893. The number of tetrazole rings is 1. The minimum Gasteiger partial charge on any atom is -0.339 e. The highest BCUT2D eigenvalue weighted by atomic mass is 32.2. The molecule has 8 heteroatoms. The number of piperazine rings is 1. The maximum absolute atomic E-state index is 12.6. The van der Waals surface area contributed by atoms with E-state index < -0.39 is 0 Å². The summed E-state index contributed by atoms with van der Waals surface area (Å²) < 4.78 is 1.66. The molecule has 1 aliphatic rings. The van der Waals surface area contributed by atoms with Crippen LogP contribution in [-0.2, 0) is 11.3 Å². The summed E-state index contributed by atoms with van der Waals surface area (Å²) in [5, 5.41) is 12.5. The van der Waals surface area contributed by atoms with E-state index in [1.54, 1.807) is 4.68 Å². The van der Waals surface area contributed by atoms with Gasteiger partial charge in [-0.05, 0) is 28.1 Å². The lowest BCUT2D eigenvalue weighted by Gasteiger charge is -2.34. The lowest BCUT2D eigenvalue weighted by Crippen LogP contribution is -2.48. The van der Waals surface area contributed by atoms with Crippen molar-refractivity contribution in [1.82, 2.24) is 30.0 Å². The maximum Gasteiger partial charge on any atom is 0.233 e. The van der Waals surface area contributed by atoms with Gasteiger partial charge in [-0.25, -0.2) is 0 Å². The van der Waals surface area contributed by atoms with Crippen molar-refractivity contribution < 1.29 is 4.79 Å². The van der Waals surface area contributed by atoms with Crippen molar-refractivity contribution >= 4 is 17.7 Å². The van der Waals surface area contributed by atoms with Crippen molar-refractivity contribution in [3.8, 4) is 5.69 Å². The van der Waals surface area contributed by atoms with Crippen LogP contribution in [0.4, 0.5) is 0 Å². The number of carbonyl (C=O) groups is 1. The van der Waals surface area contributed by atoms with Crippen LogP contribution in [0.5, 0.6) is 0 Å². The normalized spacial score (nSPS) is 14.9. The van der Waals surface area contributed by atoms with Gasteiger partial charge in [-0.2, -0.15) is 4.68 Å². The largest absolute Gasteiger partial charge is 0.339 e. The number of rotatable bonds is 6. The highest BCUT2D eigenvalue weighted by molar-refractivity contribution is 7.99. The second-order valence-electron chi connectivity index (χ2n) is 6.64. The molecule has 4 rings (SSSR count). The molecule has 0 aliphatic carbocycles. The fraction of sp³-hybridized carbons (Fsp3) is 0.300. The Morgan fingerprint density at radius 3 is 2.32 bits per heavy atom. The molecule has 0 atom stereocenters. The van der Waals surface area contributed by atoms with Crippen molar-refractivity contribution in [2.45, 2.75) is 11.7 Å². The molecule has 0 radical (unpaired) electrons. The quantitative estimate of drug-likeness (QED) is 0.597.